The Morgan fingerprint density at radius 2 is 2.10 bits per heavy atom. The summed E-state index contributed by atoms with van der Waals surface area (Å²) < 4.78 is 5.36. The van der Waals surface area contributed by atoms with E-state index >= 15 is 0 Å². The molecule has 0 saturated heterocycles. The summed E-state index contributed by atoms with van der Waals surface area (Å²) in [6, 6.07) is 6.54. The van der Waals surface area contributed by atoms with Crippen molar-refractivity contribution >= 4 is 5.78 Å². The predicted octanol–water partition coefficient (Wildman–Crippen LogP) is 4.04. The van der Waals surface area contributed by atoms with Crippen molar-refractivity contribution in [1.82, 2.24) is 0 Å². The van der Waals surface area contributed by atoms with Crippen molar-refractivity contribution in [3.8, 4) is 5.75 Å². The van der Waals surface area contributed by atoms with E-state index in [-0.39, 0.29) is 5.41 Å². The lowest BCUT2D eigenvalue weighted by Crippen LogP contribution is -2.38. The van der Waals surface area contributed by atoms with Gasteiger partial charge in [0, 0.05) is 11.8 Å². The van der Waals surface area contributed by atoms with Gasteiger partial charge >= 0.3 is 0 Å². The highest BCUT2D eigenvalue weighted by molar-refractivity contribution is 5.92. The number of hydrogen-bond donors (Lipinski definition) is 0. The normalized spacial score (nSPS) is 33.8. The Kier molecular flexibility index (Phi) is 2.79. The average Bonchev–Trinajstić information content (AvgIpc) is 2.82. The van der Waals surface area contributed by atoms with Crippen LogP contribution in [-0.2, 0) is 11.2 Å². The molecule has 1 saturated carbocycles. The van der Waals surface area contributed by atoms with Crippen LogP contribution in [0.4, 0.5) is 0 Å². The molecule has 0 unspecified atom stereocenters. The fourth-order valence-corrected chi connectivity index (χ4v) is 4.85. The van der Waals surface area contributed by atoms with Gasteiger partial charge < -0.3 is 4.74 Å². The van der Waals surface area contributed by atoms with Crippen LogP contribution in [0.1, 0.15) is 49.7 Å². The molecule has 0 amide bonds. The van der Waals surface area contributed by atoms with Crippen molar-refractivity contribution in [2.45, 2.75) is 44.9 Å². The number of hydrogen-bond acceptors (Lipinski definition) is 2. The number of methoxy groups -OCH3 is 1. The monoisotopic (exact) mass is 282 g/mol. The molecule has 3 atom stereocenters. The molecule has 0 spiro atoms. The first-order valence-electron chi connectivity index (χ1n) is 8.04. The van der Waals surface area contributed by atoms with E-state index in [1.165, 1.54) is 23.1 Å². The Morgan fingerprint density at radius 1 is 1.24 bits per heavy atom. The van der Waals surface area contributed by atoms with E-state index in [1.54, 1.807) is 7.11 Å². The number of ether oxygens (including phenoxy) is 1. The van der Waals surface area contributed by atoms with E-state index in [0.29, 0.717) is 24.0 Å². The van der Waals surface area contributed by atoms with Gasteiger partial charge in [0.15, 0.2) is 0 Å². The minimum Gasteiger partial charge on any atom is -0.497 e. The van der Waals surface area contributed by atoms with Crippen molar-refractivity contribution in [2.24, 2.45) is 11.3 Å². The third kappa shape index (κ3) is 1.74. The highest BCUT2D eigenvalue weighted by atomic mass is 16.5. The molecule has 0 heterocycles. The van der Waals surface area contributed by atoms with Gasteiger partial charge in [0.2, 0.25) is 0 Å². The molecule has 1 aromatic carbocycles. The van der Waals surface area contributed by atoms with E-state index in [4.69, 9.17) is 4.74 Å². The van der Waals surface area contributed by atoms with Gasteiger partial charge in [0.05, 0.1) is 7.11 Å². The van der Waals surface area contributed by atoms with Crippen LogP contribution in [0, 0.1) is 11.3 Å². The molecule has 21 heavy (non-hydrogen) atoms. The summed E-state index contributed by atoms with van der Waals surface area (Å²) in [6.45, 7) is 2.17. The molecule has 2 heteroatoms. The van der Waals surface area contributed by atoms with Crippen LogP contribution in [0.2, 0.25) is 0 Å². The first-order valence-corrected chi connectivity index (χ1v) is 8.04. The summed E-state index contributed by atoms with van der Waals surface area (Å²) in [5.41, 5.74) is 4.24. The van der Waals surface area contributed by atoms with Crippen LogP contribution in [0.5, 0.6) is 5.75 Å². The zero-order chi connectivity index (χ0) is 14.6. The van der Waals surface area contributed by atoms with Crippen molar-refractivity contribution in [1.29, 1.82) is 0 Å². The van der Waals surface area contributed by atoms with Gasteiger partial charge in [-0.15, -0.1) is 0 Å². The number of carbonyl (C=O) groups excluding carboxylic acids is 1. The van der Waals surface area contributed by atoms with Crippen molar-refractivity contribution in [3.05, 3.63) is 41.0 Å². The van der Waals surface area contributed by atoms with Crippen molar-refractivity contribution in [2.75, 3.05) is 7.11 Å². The van der Waals surface area contributed by atoms with E-state index in [2.05, 4.69) is 31.2 Å². The van der Waals surface area contributed by atoms with Gasteiger partial charge in [-0.25, -0.2) is 0 Å². The van der Waals surface area contributed by atoms with E-state index < -0.39 is 0 Å². The minimum absolute atomic E-state index is 0.148. The number of rotatable bonds is 1. The Bertz CT molecular complexity index is 643. The largest absolute Gasteiger partial charge is 0.497 e. The van der Waals surface area contributed by atoms with Crippen LogP contribution in [0.15, 0.2) is 29.8 Å². The number of carbonyl (C=O) groups is 1. The summed E-state index contributed by atoms with van der Waals surface area (Å²) in [5.74, 6) is 2.58. The minimum atomic E-state index is -0.148. The first kappa shape index (κ1) is 13.1. The maximum Gasteiger partial charge on any atom is 0.146 e. The van der Waals surface area contributed by atoms with Gasteiger partial charge in [-0.05, 0) is 67.7 Å². The third-order valence-corrected chi connectivity index (χ3v) is 6.07. The van der Waals surface area contributed by atoms with Gasteiger partial charge in [-0.2, -0.15) is 0 Å². The zero-order valence-electron chi connectivity index (χ0n) is 12.8. The second-order valence-electron chi connectivity index (χ2n) is 6.97. The summed E-state index contributed by atoms with van der Waals surface area (Å²) in [6.07, 6.45) is 7.35. The highest BCUT2D eigenvalue weighted by Crippen LogP contribution is 2.57. The lowest BCUT2D eigenvalue weighted by Gasteiger charge is -2.45. The van der Waals surface area contributed by atoms with Crippen LogP contribution in [0.3, 0.4) is 0 Å². The highest BCUT2D eigenvalue weighted by Gasteiger charge is 2.49. The smallest absolute Gasteiger partial charge is 0.146 e. The Morgan fingerprint density at radius 3 is 2.90 bits per heavy atom. The van der Waals surface area contributed by atoms with Crippen LogP contribution in [-0.4, -0.2) is 12.9 Å². The molecule has 0 aromatic heterocycles. The van der Waals surface area contributed by atoms with Crippen molar-refractivity contribution in [3.63, 3.8) is 0 Å². The van der Waals surface area contributed by atoms with E-state index in [9.17, 15) is 4.79 Å². The molecule has 3 aliphatic carbocycles. The second-order valence-corrected chi connectivity index (χ2v) is 6.97. The quantitative estimate of drug-likeness (QED) is 0.727. The van der Waals surface area contributed by atoms with E-state index in [1.807, 2.05) is 0 Å². The van der Waals surface area contributed by atoms with Gasteiger partial charge in [0.25, 0.3) is 0 Å². The summed E-state index contributed by atoms with van der Waals surface area (Å²) in [5, 5.41) is 0. The summed E-state index contributed by atoms with van der Waals surface area (Å²) in [7, 11) is 1.73. The molecule has 0 radical (unpaired) electrons. The number of Topliss-reactive ketones (excluding diaryl/α,β-unsaturated/α-hetero) is 1. The molecule has 0 bridgehead atoms. The standard InChI is InChI=1S/C19H22O2/c1-19-10-9-15-14-6-4-13(21-2)11-12(14)3-5-16(15)17(19)7-8-18(19)20/h4,6-7,11,15-16H,3,5,8-10H2,1-2H3/t15-,16+,19+/m1/s1. The molecular weight excluding hydrogens is 260 g/mol. The topological polar surface area (TPSA) is 26.3 Å². The van der Waals surface area contributed by atoms with Crippen molar-refractivity contribution < 1.29 is 9.53 Å². The number of fused-ring (bicyclic) bond motifs is 5. The molecule has 3 aliphatic rings. The lowest BCUT2D eigenvalue weighted by molar-refractivity contribution is -0.125. The molecule has 2 nitrogen and oxygen atoms in total. The Balaban J connectivity index is 1.73. The van der Waals surface area contributed by atoms with Crippen LogP contribution < -0.4 is 4.74 Å². The molecule has 1 aromatic rings. The van der Waals surface area contributed by atoms with Gasteiger partial charge in [0.1, 0.15) is 11.5 Å². The fraction of sp³-hybridized carbons (Fsp3) is 0.526. The fourth-order valence-electron chi connectivity index (χ4n) is 4.85. The van der Waals surface area contributed by atoms with Gasteiger partial charge in [-0.3, -0.25) is 4.79 Å². The number of aryl methyl sites for hydroxylation is 1. The van der Waals surface area contributed by atoms with Gasteiger partial charge in [-0.1, -0.05) is 17.7 Å². The Labute approximate surface area is 126 Å². The summed E-state index contributed by atoms with van der Waals surface area (Å²) in [4.78, 5) is 12.3. The Hall–Kier alpha value is -1.57. The number of ketones is 1. The van der Waals surface area contributed by atoms with E-state index in [0.717, 1.165) is 25.0 Å². The molecule has 4 rings (SSSR count). The third-order valence-electron chi connectivity index (χ3n) is 6.07. The first-order chi connectivity index (χ1) is 10.1. The molecule has 0 aliphatic heterocycles. The molecule has 0 N–H and O–H groups in total. The number of allylic oxidation sites excluding steroid dienone is 2. The predicted molar refractivity (Wildman–Crippen MR) is 82.6 cm³/mol. The number of benzene rings is 1. The van der Waals surface area contributed by atoms with Crippen LogP contribution in [0.25, 0.3) is 0 Å². The second kappa shape index (κ2) is 4.46. The maximum absolute atomic E-state index is 12.3. The molecule has 110 valence electrons. The zero-order valence-corrected chi connectivity index (χ0v) is 12.8. The molecular formula is C19H22O2. The lowest BCUT2D eigenvalue weighted by atomic mass is 9.58. The summed E-state index contributed by atoms with van der Waals surface area (Å²) >= 11 is 0. The molecule has 1 fully saturated rings. The van der Waals surface area contributed by atoms with Crippen LogP contribution >= 0.6 is 0 Å². The maximum atomic E-state index is 12.3. The average molecular weight is 282 g/mol. The SMILES string of the molecule is COc1ccc2c(c1)CC[C@@H]1C3=CCC(=O)[C@@]3(C)CC[C@H]21.